The Morgan fingerprint density at radius 1 is 1.00 bits per heavy atom. The zero-order valence-corrected chi connectivity index (χ0v) is 15.3. The molecule has 138 valence electrons. The molecule has 2 atom stereocenters. The van der Waals surface area contributed by atoms with Crippen molar-refractivity contribution in [1.29, 1.82) is 0 Å². The molecule has 0 spiro atoms. The number of nitrogens with one attached hydrogen (secondary N) is 1. The Hall–Kier alpha value is -2.69. The van der Waals surface area contributed by atoms with Crippen molar-refractivity contribution in [3.8, 4) is 5.75 Å². The van der Waals surface area contributed by atoms with Crippen molar-refractivity contribution in [2.45, 2.75) is 18.6 Å². The van der Waals surface area contributed by atoms with Crippen molar-refractivity contribution in [1.82, 2.24) is 10.3 Å². The maximum atomic E-state index is 6.52. The quantitative estimate of drug-likeness (QED) is 0.726. The van der Waals surface area contributed by atoms with Crippen LogP contribution >= 0.6 is 0 Å². The standard InChI is InChI=1S/C23H24N2O2/c1-2-8-18(9-3-1)16-19-10-4-5-12-21(19)27-23(20-11-6-7-13-25-20)22-17-24-14-15-26-22/h1-13,22-24H,14-17H2/t22-,23-/m0/s1. The number of para-hydroxylation sites is 1. The lowest BCUT2D eigenvalue weighted by Crippen LogP contribution is -2.43. The molecule has 3 aromatic rings. The molecular weight excluding hydrogens is 336 g/mol. The van der Waals surface area contributed by atoms with Crippen molar-refractivity contribution in [3.05, 3.63) is 95.8 Å². The summed E-state index contributed by atoms with van der Waals surface area (Å²) in [6.45, 7) is 2.31. The van der Waals surface area contributed by atoms with Crippen LogP contribution in [0.25, 0.3) is 0 Å². The predicted octanol–water partition coefficient (Wildman–Crippen LogP) is 3.78. The SMILES string of the molecule is c1ccc(Cc2ccccc2O[C@@H](c2ccccn2)[C@@H]2CNCCO2)cc1. The molecule has 0 aliphatic carbocycles. The fourth-order valence-corrected chi connectivity index (χ4v) is 3.37. The lowest BCUT2D eigenvalue weighted by molar-refractivity contribution is -0.0449. The smallest absolute Gasteiger partial charge is 0.168 e. The number of pyridine rings is 1. The third-order valence-corrected chi connectivity index (χ3v) is 4.74. The average molecular weight is 360 g/mol. The molecule has 0 bridgehead atoms. The molecule has 1 N–H and O–H groups in total. The summed E-state index contributed by atoms with van der Waals surface area (Å²) in [5.74, 6) is 0.881. The Bertz CT molecular complexity index is 833. The van der Waals surface area contributed by atoms with Crippen LogP contribution in [0.3, 0.4) is 0 Å². The highest BCUT2D eigenvalue weighted by Crippen LogP contribution is 2.29. The minimum absolute atomic E-state index is 0.0709. The number of benzene rings is 2. The van der Waals surface area contributed by atoms with E-state index in [1.54, 1.807) is 6.20 Å². The van der Waals surface area contributed by atoms with Gasteiger partial charge in [0.1, 0.15) is 11.9 Å². The monoisotopic (exact) mass is 360 g/mol. The second-order valence-electron chi connectivity index (χ2n) is 6.68. The van der Waals surface area contributed by atoms with Crippen molar-refractivity contribution < 1.29 is 9.47 Å². The van der Waals surface area contributed by atoms with Gasteiger partial charge < -0.3 is 14.8 Å². The summed E-state index contributed by atoms with van der Waals surface area (Å²) in [5, 5.41) is 3.39. The summed E-state index contributed by atoms with van der Waals surface area (Å²) in [6, 6.07) is 24.6. The van der Waals surface area contributed by atoms with E-state index < -0.39 is 0 Å². The van der Waals surface area contributed by atoms with Crippen LogP contribution in [-0.4, -0.2) is 30.8 Å². The number of ether oxygens (including phenoxy) is 2. The summed E-state index contributed by atoms with van der Waals surface area (Å²) in [4.78, 5) is 4.53. The molecule has 1 aliphatic heterocycles. The predicted molar refractivity (Wildman–Crippen MR) is 106 cm³/mol. The third-order valence-electron chi connectivity index (χ3n) is 4.74. The molecule has 0 amide bonds. The lowest BCUT2D eigenvalue weighted by Gasteiger charge is -2.31. The third kappa shape index (κ3) is 4.54. The maximum absolute atomic E-state index is 6.52. The van der Waals surface area contributed by atoms with E-state index in [0.29, 0.717) is 6.61 Å². The van der Waals surface area contributed by atoms with E-state index in [9.17, 15) is 0 Å². The van der Waals surface area contributed by atoms with Crippen molar-refractivity contribution >= 4 is 0 Å². The van der Waals surface area contributed by atoms with Crippen LogP contribution in [-0.2, 0) is 11.2 Å². The van der Waals surface area contributed by atoms with E-state index in [4.69, 9.17) is 9.47 Å². The number of morpholine rings is 1. The Balaban J connectivity index is 1.61. The first-order valence-electron chi connectivity index (χ1n) is 9.42. The normalized spacial score (nSPS) is 18.0. The van der Waals surface area contributed by atoms with Crippen LogP contribution in [0.5, 0.6) is 5.75 Å². The van der Waals surface area contributed by atoms with Crippen LogP contribution in [0, 0.1) is 0 Å². The van der Waals surface area contributed by atoms with E-state index in [2.05, 4.69) is 46.7 Å². The molecule has 2 aromatic carbocycles. The van der Waals surface area contributed by atoms with E-state index >= 15 is 0 Å². The highest BCUT2D eigenvalue weighted by atomic mass is 16.5. The van der Waals surface area contributed by atoms with Gasteiger partial charge in [-0.25, -0.2) is 0 Å². The molecule has 0 radical (unpaired) electrons. The molecule has 27 heavy (non-hydrogen) atoms. The van der Waals surface area contributed by atoms with Gasteiger partial charge in [0.2, 0.25) is 0 Å². The molecule has 1 saturated heterocycles. The molecule has 1 aliphatic rings. The van der Waals surface area contributed by atoms with Crippen LogP contribution in [0.2, 0.25) is 0 Å². The van der Waals surface area contributed by atoms with E-state index in [-0.39, 0.29) is 12.2 Å². The lowest BCUT2D eigenvalue weighted by atomic mass is 10.0. The molecule has 1 fully saturated rings. The fraction of sp³-hybridized carbons (Fsp3) is 0.261. The average Bonchev–Trinajstić information content (AvgIpc) is 2.75. The first-order valence-corrected chi connectivity index (χ1v) is 9.42. The Morgan fingerprint density at radius 3 is 2.59 bits per heavy atom. The van der Waals surface area contributed by atoms with Gasteiger partial charge >= 0.3 is 0 Å². The number of hydrogen-bond donors (Lipinski definition) is 1. The number of rotatable bonds is 6. The molecule has 0 unspecified atom stereocenters. The van der Waals surface area contributed by atoms with Gasteiger partial charge in [0.15, 0.2) is 6.10 Å². The Morgan fingerprint density at radius 2 is 1.81 bits per heavy atom. The minimum Gasteiger partial charge on any atom is -0.481 e. The Kier molecular flexibility index (Phi) is 5.77. The van der Waals surface area contributed by atoms with Gasteiger partial charge in [-0.3, -0.25) is 4.98 Å². The molecule has 2 heterocycles. The second kappa shape index (κ2) is 8.80. The summed E-state index contributed by atoms with van der Waals surface area (Å²) in [5.41, 5.74) is 3.31. The van der Waals surface area contributed by atoms with Gasteiger partial charge in [0.25, 0.3) is 0 Å². The van der Waals surface area contributed by atoms with E-state index in [1.807, 2.05) is 36.4 Å². The summed E-state index contributed by atoms with van der Waals surface area (Å²) < 4.78 is 12.5. The molecule has 4 nitrogen and oxygen atoms in total. The Labute approximate surface area is 160 Å². The van der Waals surface area contributed by atoms with Crippen molar-refractivity contribution in [3.63, 3.8) is 0 Å². The van der Waals surface area contributed by atoms with Gasteiger partial charge in [-0.2, -0.15) is 0 Å². The first-order chi connectivity index (χ1) is 13.4. The first kappa shape index (κ1) is 17.7. The van der Waals surface area contributed by atoms with E-state index in [0.717, 1.165) is 36.5 Å². The van der Waals surface area contributed by atoms with Crippen LogP contribution < -0.4 is 10.1 Å². The van der Waals surface area contributed by atoms with Gasteiger partial charge in [-0.1, -0.05) is 54.6 Å². The zero-order chi connectivity index (χ0) is 18.3. The number of nitrogens with zero attached hydrogens (tertiary/aromatic N) is 1. The molecule has 4 rings (SSSR count). The van der Waals surface area contributed by atoms with Gasteiger partial charge in [0, 0.05) is 25.7 Å². The molecular formula is C23H24N2O2. The van der Waals surface area contributed by atoms with E-state index in [1.165, 1.54) is 5.56 Å². The highest BCUT2D eigenvalue weighted by molar-refractivity contribution is 5.38. The maximum Gasteiger partial charge on any atom is 0.168 e. The largest absolute Gasteiger partial charge is 0.481 e. The van der Waals surface area contributed by atoms with Crippen LogP contribution in [0.15, 0.2) is 79.0 Å². The molecule has 0 saturated carbocycles. The molecule has 4 heteroatoms. The highest BCUT2D eigenvalue weighted by Gasteiger charge is 2.29. The van der Waals surface area contributed by atoms with Gasteiger partial charge in [0.05, 0.1) is 12.3 Å². The number of aromatic nitrogens is 1. The number of hydrogen-bond acceptors (Lipinski definition) is 4. The topological polar surface area (TPSA) is 43.4 Å². The van der Waals surface area contributed by atoms with Crippen molar-refractivity contribution in [2.75, 3.05) is 19.7 Å². The summed E-state index contributed by atoms with van der Waals surface area (Å²) in [7, 11) is 0. The van der Waals surface area contributed by atoms with Crippen molar-refractivity contribution in [2.24, 2.45) is 0 Å². The fourth-order valence-electron chi connectivity index (χ4n) is 3.37. The summed E-state index contributed by atoms with van der Waals surface area (Å²) >= 11 is 0. The van der Waals surface area contributed by atoms with Crippen LogP contribution in [0.4, 0.5) is 0 Å². The van der Waals surface area contributed by atoms with Crippen LogP contribution in [0.1, 0.15) is 22.9 Å². The summed E-state index contributed by atoms with van der Waals surface area (Å²) in [6.07, 6.45) is 2.31. The zero-order valence-electron chi connectivity index (χ0n) is 15.3. The minimum atomic E-state index is -0.254. The molecule has 1 aromatic heterocycles. The van der Waals surface area contributed by atoms with Gasteiger partial charge in [-0.05, 0) is 29.3 Å². The van der Waals surface area contributed by atoms with Gasteiger partial charge in [-0.15, -0.1) is 0 Å². The second-order valence-corrected chi connectivity index (χ2v) is 6.68.